The van der Waals surface area contributed by atoms with Crippen molar-refractivity contribution in [2.45, 2.75) is 6.42 Å². The molecule has 0 atom stereocenters. The Kier molecular flexibility index (Phi) is 4.42. The summed E-state index contributed by atoms with van der Waals surface area (Å²) in [6.45, 7) is 0.596. The molecule has 4 rings (SSSR count). The summed E-state index contributed by atoms with van der Waals surface area (Å²) in [7, 11) is 0. The SMILES string of the molecule is O=C1/C(=C\c2ccccc2)SC(=S)N1CCc1c[nH]c2ccccc12. The molecule has 25 heavy (non-hydrogen) atoms. The number of thioether (sulfide) groups is 1. The second kappa shape index (κ2) is 6.86. The molecule has 1 N–H and O–H groups in total. The van der Waals surface area contributed by atoms with Crippen LogP contribution in [0.25, 0.3) is 17.0 Å². The third kappa shape index (κ3) is 3.25. The standard InChI is InChI=1S/C20H16N2OS2/c23-19-18(12-14-6-2-1-3-7-14)25-20(24)22(19)11-10-15-13-21-17-9-5-4-8-16(15)17/h1-9,12-13,21H,10-11H2/b18-12+. The first-order valence-corrected chi connectivity index (χ1v) is 9.30. The van der Waals surface area contributed by atoms with Gasteiger partial charge in [-0.3, -0.25) is 9.69 Å². The minimum Gasteiger partial charge on any atom is -0.361 e. The number of amides is 1. The molecule has 1 fully saturated rings. The molecular weight excluding hydrogens is 348 g/mol. The van der Waals surface area contributed by atoms with Crippen molar-refractivity contribution in [3.05, 3.63) is 76.8 Å². The topological polar surface area (TPSA) is 36.1 Å². The van der Waals surface area contributed by atoms with Crippen molar-refractivity contribution in [3.8, 4) is 0 Å². The molecule has 5 heteroatoms. The lowest BCUT2D eigenvalue weighted by Crippen LogP contribution is -2.30. The second-order valence-electron chi connectivity index (χ2n) is 5.85. The van der Waals surface area contributed by atoms with Crippen LogP contribution in [0.5, 0.6) is 0 Å². The molecule has 124 valence electrons. The molecule has 0 unspecified atom stereocenters. The van der Waals surface area contributed by atoms with Crippen molar-refractivity contribution in [2.75, 3.05) is 6.54 Å². The first-order chi connectivity index (χ1) is 12.2. The smallest absolute Gasteiger partial charge is 0.266 e. The van der Waals surface area contributed by atoms with Crippen LogP contribution in [0.15, 0.2) is 65.7 Å². The maximum absolute atomic E-state index is 12.7. The van der Waals surface area contributed by atoms with Crippen LogP contribution in [0, 0.1) is 0 Å². The van der Waals surface area contributed by atoms with E-state index >= 15 is 0 Å². The summed E-state index contributed by atoms with van der Waals surface area (Å²) in [5.41, 5.74) is 3.34. The zero-order valence-corrected chi connectivity index (χ0v) is 15.1. The monoisotopic (exact) mass is 364 g/mol. The number of fused-ring (bicyclic) bond motifs is 1. The quantitative estimate of drug-likeness (QED) is 0.542. The number of carbonyl (C=O) groups excluding carboxylic acids is 1. The van der Waals surface area contributed by atoms with E-state index in [0.29, 0.717) is 15.8 Å². The molecule has 1 amide bonds. The minimum absolute atomic E-state index is 0.00121. The predicted octanol–water partition coefficient (Wildman–Crippen LogP) is 4.61. The summed E-state index contributed by atoms with van der Waals surface area (Å²) in [6.07, 6.45) is 4.70. The molecule has 1 saturated heterocycles. The number of para-hydroxylation sites is 1. The molecule has 0 radical (unpaired) electrons. The largest absolute Gasteiger partial charge is 0.361 e. The number of thiocarbonyl (C=S) groups is 1. The Morgan fingerprint density at radius 3 is 2.68 bits per heavy atom. The summed E-state index contributed by atoms with van der Waals surface area (Å²) in [4.78, 5) is 18.4. The van der Waals surface area contributed by atoms with E-state index in [4.69, 9.17) is 12.2 Å². The average Bonchev–Trinajstić information content (AvgIpc) is 3.16. The van der Waals surface area contributed by atoms with Gasteiger partial charge in [-0.05, 0) is 29.7 Å². The summed E-state index contributed by atoms with van der Waals surface area (Å²) < 4.78 is 0.632. The fourth-order valence-electron chi connectivity index (χ4n) is 2.96. The van der Waals surface area contributed by atoms with Gasteiger partial charge in [0.05, 0.1) is 4.91 Å². The highest BCUT2D eigenvalue weighted by atomic mass is 32.2. The highest BCUT2D eigenvalue weighted by molar-refractivity contribution is 8.26. The van der Waals surface area contributed by atoms with Crippen LogP contribution >= 0.6 is 24.0 Å². The number of H-pyrrole nitrogens is 1. The van der Waals surface area contributed by atoms with Gasteiger partial charge in [0.25, 0.3) is 5.91 Å². The van der Waals surface area contributed by atoms with E-state index in [1.165, 1.54) is 22.7 Å². The predicted molar refractivity (Wildman–Crippen MR) is 108 cm³/mol. The molecule has 3 nitrogen and oxygen atoms in total. The normalized spacial score (nSPS) is 16.3. The van der Waals surface area contributed by atoms with Crippen LogP contribution < -0.4 is 0 Å². The lowest BCUT2D eigenvalue weighted by Gasteiger charge is -2.13. The number of hydrogen-bond acceptors (Lipinski definition) is 3. The number of carbonyl (C=O) groups is 1. The Morgan fingerprint density at radius 1 is 1.08 bits per heavy atom. The fourth-order valence-corrected chi connectivity index (χ4v) is 4.27. The summed E-state index contributed by atoms with van der Waals surface area (Å²) in [5.74, 6) is -0.00121. The van der Waals surface area contributed by atoms with Crippen LogP contribution in [-0.4, -0.2) is 26.7 Å². The van der Waals surface area contributed by atoms with E-state index in [2.05, 4.69) is 17.1 Å². The molecule has 0 aliphatic carbocycles. The molecule has 3 aromatic rings. The molecule has 2 aromatic carbocycles. The molecule has 0 spiro atoms. The van der Waals surface area contributed by atoms with E-state index in [0.717, 1.165) is 17.5 Å². The summed E-state index contributed by atoms with van der Waals surface area (Å²) in [6, 6.07) is 18.1. The van der Waals surface area contributed by atoms with Crippen molar-refractivity contribution in [1.29, 1.82) is 0 Å². The Labute approximate surface area is 155 Å². The van der Waals surface area contributed by atoms with E-state index in [-0.39, 0.29) is 5.91 Å². The number of aromatic nitrogens is 1. The van der Waals surface area contributed by atoms with E-state index < -0.39 is 0 Å². The minimum atomic E-state index is -0.00121. The van der Waals surface area contributed by atoms with Crippen molar-refractivity contribution >= 4 is 51.2 Å². The maximum Gasteiger partial charge on any atom is 0.266 e. The van der Waals surface area contributed by atoms with Gasteiger partial charge in [-0.15, -0.1) is 0 Å². The molecule has 2 heterocycles. The molecular formula is C20H16N2OS2. The van der Waals surface area contributed by atoms with Gasteiger partial charge in [0.1, 0.15) is 4.32 Å². The molecule has 1 aliphatic heterocycles. The first-order valence-electron chi connectivity index (χ1n) is 8.08. The highest BCUT2D eigenvalue weighted by Gasteiger charge is 2.31. The van der Waals surface area contributed by atoms with Gasteiger partial charge in [0.15, 0.2) is 0 Å². The Bertz CT molecular complexity index is 976. The van der Waals surface area contributed by atoms with Crippen molar-refractivity contribution < 1.29 is 4.79 Å². The number of rotatable bonds is 4. The van der Waals surface area contributed by atoms with E-state index in [1.54, 1.807) is 4.90 Å². The lowest BCUT2D eigenvalue weighted by molar-refractivity contribution is -0.122. The fraction of sp³-hybridized carbons (Fsp3) is 0.100. The summed E-state index contributed by atoms with van der Waals surface area (Å²) >= 11 is 6.80. The van der Waals surface area contributed by atoms with E-state index in [9.17, 15) is 4.79 Å². The van der Waals surface area contributed by atoms with Crippen LogP contribution in [0.4, 0.5) is 0 Å². The van der Waals surface area contributed by atoms with Crippen LogP contribution in [0.3, 0.4) is 0 Å². The Morgan fingerprint density at radius 2 is 1.84 bits per heavy atom. The third-order valence-electron chi connectivity index (χ3n) is 4.25. The lowest BCUT2D eigenvalue weighted by atomic mass is 10.1. The number of nitrogens with one attached hydrogen (secondary N) is 1. The molecule has 1 aliphatic rings. The zero-order chi connectivity index (χ0) is 17.2. The van der Waals surface area contributed by atoms with Crippen molar-refractivity contribution in [3.63, 3.8) is 0 Å². The second-order valence-corrected chi connectivity index (χ2v) is 7.53. The number of benzene rings is 2. The zero-order valence-electron chi connectivity index (χ0n) is 13.4. The maximum atomic E-state index is 12.7. The first kappa shape index (κ1) is 16.1. The average molecular weight is 364 g/mol. The Hall–Kier alpha value is -2.37. The van der Waals surface area contributed by atoms with Crippen LogP contribution in [-0.2, 0) is 11.2 Å². The van der Waals surface area contributed by atoms with Gasteiger partial charge in [-0.2, -0.15) is 0 Å². The molecule has 0 bridgehead atoms. The van der Waals surface area contributed by atoms with Gasteiger partial charge < -0.3 is 4.98 Å². The van der Waals surface area contributed by atoms with Crippen LogP contribution in [0.2, 0.25) is 0 Å². The van der Waals surface area contributed by atoms with Gasteiger partial charge in [-0.1, -0.05) is 72.5 Å². The van der Waals surface area contributed by atoms with Gasteiger partial charge in [0, 0.05) is 23.6 Å². The van der Waals surface area contributed by atoms with Crippen molar-refractivity contribution in [1.82, 2.24) is 9.88 Å². The Balaban J connectivity index is 1.50. The number of aromatic amines is 1. The van der Waals surface area contributed by atoms with E-state index in [1.807, 2.05) is 54.7 Å². The van der Waals surface area contributed by atoms with Gasteiger partial charge >= 0.3 is 0 Å². The number of nitrogens with zero attached hydrogens (tertiary/aromatic N) is 1. The number of hydrogen-bond donors (Lipinski definition) is 1. The van der Waals surface area contributed by atoms with Gasteiger partial charge in [-0.25, -0.2) is 0 Å². The third-order valence-corrected chi connectivity index (χ3v) is 5.63. The molecule has 1 aromatic heterocycles. The molecule has 0 saturated carbocycles. The van der Waals surface area contributed by atoms with Gasteiger partial charge in [0.2, 0.25) is 0 Å². The van der Waals surface area contributed by atoms with Crippen LogP contribution in [0.1, 0.15) is 11.1 Å². The van der Waals surface area contributed by atoms with Crippen molar-refractivity contribution in [2.24, 2.45) is 0 Å². The highest BCUT2D eigenvalue weighted by Crippen LogP contribution is 2.32. The summed E-state index contributed by atoms with van der Waals surface area (Å²) in [5, 5.41) is 1.20.